The van der Waals surface area contributed by atoms with Gasteiger partial charge < -0.3 is 19.5 Å². The van der Waals surface area contributed by atoms with E-state index in [1.54, 1.807) is 42.5 Å². The summed E-state index contributed by atoms with van der Waals surface area (Å²) in [5, 5.41) is 3.99. The number of hydrazine groups is 1. The molecule has 3 aromatic carbocycles. The van der Waals surface area contributed by atoms with E-state index >= 15 is 0 Å². The fraction of sp³-hybridized carbons (Fsp3) is 0.148. The Morgan fingerprint density at radius 2 is 1.61 bits per heavy atom. The van der Waals surface area contributed by atoms with Gasteiger partial charge in [0.1, 0.15) is 5.57 Å². The molecule has 0 aliphatic carbocycles. The highest BCUT2D eigenvalue weighted by Gasteiger charge is 2.34. The van der Waals surface area contributed by atoms with Gasteiger partial charge in [-0.2, -0.15) is 0 Å². The number of carbonyl (C=O) groups is 3. The number of hydrogen-bond acceptors (Lipinski definition) is 6. The Morgan fingerprint density at radius 3 is 2.25 bits per heavy atom. The molecule has 3 amide bonds. The van der Waals surface area contributed by atoms with Crippen molar-refractivity contribution in [3.8, 4) is 17.2 Å². The number of benzene rings is 3. The van der Waals surface area contributed by atoms with Crippen molar-refractivity contribution >= 4 is 35.2 Å². The average molecular weight is 488 g/mol. The Bertz CT molecular complexity index is 1310. The van der Waals surface area contributed by atoms with Gasteiger partial charge in [0.2, 0.25) is 5.75 Å². The molecule has 1 heterocycles. The smallest absolute Gasteiger partial charge is 0.282 e. The number of rotatable bonds is 8. The van der Waals surface area contributed by atoms with Gasteiger partial charge in [-0.05, 0) is 54.5 Å². The largest absolute Gasteiger partial charge is 0.493 e. The average Bonchev–Trinajstić information content (AvgIpc) is 3.17. The highest BCUT2D eigenvalue weighted by atomic mass is 16.5. The molecular formula is C27H25N3O6. The van der Waals surface area contributed by atoms with Gasteiger partial charge in [-0.1, -0.05) is 36.4 Å². The van der Waals surface area contributed by atoms with Crippen molar-refractivity contribution in [3.63, 3.8) is 0 Å². The van der Waals surface area contributed by atoms with E-state index in [9.17, 15) is 14.4 Å². The second-order valence-corrected chi connectivity index (χ2v) is 7.88. The summed E-state index contributed by atoms with van der Waals surface area (Å²) >= 11 is 0. The lowest BCUT2D eigenvalue weighted by molar-refractivity contribution is -0.118. The molecule has 0 atom stereocenters. The zero-order valence-electron chi connectivity index (χ0n) is 20.0. The molecule has 4 rings (SSSR count). The van der Waals surface area contributed by atoms with Crippen molar-refractivity contribution in [1.82, 2.24) is 5.43 Å². The monoisotopic (exact) mass is 487 g/mol. The van der Waals surface area contributed by atoms with Gasteiger partial charge in [0.15, 0.2) is 18.1 Å². The number of para-hydroxylation sites is 2. The minimum Gasteiger partial charge on any atom is -0.493 e. The number of nitrogens with zero attached hydrogens (tertiary/aromatic N) is 1. The highest BCUT2D eigenvalue weighted by molar-refractivity contribution is 6.31. The van der Waals surface area contributed by atoms with Crippen LogP contribution in [0.5, 0.6) is 17.2 Å². The molecule has 184 valence electrons. The third kappa shape index (κ3) is 5.15. The van der Waals surface area contributed by atoms with Crippen LogP contribution in [-0.2, 0) is 14.4 Å². The molecule has 1 saturated heterocycles. The van der Waals surface area contributed by atoms with E-state index in [-0.39, 0.29) is 35.3 Å². The molecule has 2 N–H and O–H groups in total. The summed E-state index contributed by atoms with van der Waals surface area (Å²) in [6.07, 6.45) is 1.44. The maximum absolute atomic E-state index is 12.9. The molecule has 0 unspecified atom stereocenters. The molecule has 9 heteroatoms. The van der Waals surface area contributed by atoms with Gasteiger partial charge in [-0.25, -0.2) is 5.01 Å². The number of ether oxygens (including phenoxy) is 3. The van der Waals surface area contributed by atoms with Gasteiger partial charge in [0.05, 0.1) is 19.9 Å². The molecule has 0 radical (unpaired) electrons. The van der Waals surface area contributed by atoms with Gasteiger partial charge >= 0.3 is 0 Å². The Balaban J connectivity index is 1.55. The summed E-state index contributed by atoms with van der Waals surface area (Å²) in [6.45, 7) is 1.61. The first-order chi connectivity index (χ1) is 17.4. The summed E-state index contributed by atoms with van der Waals surface area (Å²) in [5.74, 6) is -0.609. The topological polar surface area (TPSA) is 106 Å². The van der Waals surface area contributed by atoms with Crippen molar-refractivity contribution in [2.45, 2.75) is 6.92 Å². The molecular weight excluding hydrogens is 462 g/mol. The molecule has 0 aromatic heterocycles. The fourth-order valence-corrected chi connectivity index (χ4v) is 3.65. The molecule has 0 saturated carbocycles. The molecule has 1 aliphatic rings. The van der Waals surface area contributed by atoms with E-state index in [1.165, 1.54) is 25.3 Å². The first-order valence-corrected chi connectivity index (χ1v) is 11.1. The second-order valence-electron chi connectivity index (χ2n) is 7.88. The first-order valence-electron chi connectivity index (χ1n) is 11.1. The molecule has 9 nitrogen and oxygen atoms in total. The number of carbonyl (C=O) groups excluding carboxylic acids is 3. The Morgan fingerprint density at radius 1 is 0.972 bits per heavy atom. The number of aryl methyl sites for hydroxylation is 1. The van der Waals surface area contributed by atoms with Crippen LogP contribution >= 0.6 is 0 Å². The van der Waals surface area contributed by atoms with Crippen LogP contribution in [0.1, 0.15) is 11.1 Å². The minimum atomic E-state index is -0.532. The number of methoxy groups -OCH3 is 2. The maximum Gasteiger partial charge on any atom is 0.282 e. The van der Waals surface area contributed by atoms with Gasteiger partial charge in [-0.15, -0.1) is 0 Å². The maximum atomic E-state index is 12.9. The van der Waals surface area contributed by atoms with E-state index in [0.717, 1.165) is 5.56 Å². The molecule has 0 bridgehead atoms. The summed E-state index contributed by atoms with van der Waals surface area (Å²) in [6, 6.07) is 19.4. The van der Waals surface area contributed by atoms with Crippen LogP contribution in [0.3, 0.4) is 0 Å². The van der Waals surface area contributed by atoms with E-state index in [4.69, 9.17) is 14.2 Å². The zero-order chi connectivity index (χ0) is 25.7. The van der Waals surface area contributed by atoms with Crippen LogP contribution in [0.25, 0.3) is 6.08 Å². The standard InChI is InChI=1S/C27H25N3O6/c1-17-9-7-8-12-21(17)28-24(31)16-36-25-22(34-2)14-18(15-23(25)35-3)13-20-26(32)29-30(27(20)33)19-10-5-4-6-11-19/h4-15H,16H2,1-3H3,(H,28,31)(H,29,32). The number of hydrogen-bond donors (Lipinski definition) is 2. The van der Waals surface area contributed by atoms with Crippen molar-refractivity contribution in [1.29, 1.82) is 0 Å². The van der Waals surface area contributed by atoms with Crippen LogP contribution in [0, 0.1) is 6.92 Å². The summed E-state index contributed by atoms with van der Waals surface area (Å²) in [4.78, 5) is 37.9. The predicted octanol–water partition coefficient (Wildman–Crippen LogP) is 3.49. The highest BCUT2D eigenvalue weighted by Crippen LogP contribution is 2.39. The quantitative estimate of drug-likeness (QED) is 0.372. The van der Waals surface area contributed by atoms with Crippen LogP contribution in [0.2, 0.25) is 0 Å². The normalized spacial score (nSPS) is 14.0. The van der Waals surface area contributed by atoms with E-state index in [2.05, 4.69) is 10.7 Å². The van der Waals surface area contributed by atoms with Crippen LogP contribution in [0.4, 0.5) is 11.4 Å². The summed E-state index contributed by atoms with van der Waals surface area (Å²) in [5.41, 5.74) is 5.15. The predicted molar refractivity (Wildman–Crippen MR) is 135 cm³/mol. The number of nitrogens with one attached hydrogen (secondary N) is 2. The summed E-state index contributed by atoms with van der Waals surface area (Å²) in [7, 11) is 2.88. The van der Waals surface area contributed by atoms with Gasteiger partial charge in [0.25, 0.3) is 17.7 Å². The fourth-order valence-electron chi connectivity index (χ4n) is 3.65. The van der Waals surface area contributed by atoms with Crippen LogP contribution < -0.4 is 30.0 Å². The molecule has 0 spiro atoms. The lowest BCUT2D eigenvalue weighted by Gasteiger charge is -2.16. The summed E-state index contributed by atoms with van der Waals surface area (Å²) < 4.78 is 16.6. The molecule has 1 aliphatic heterocycles. The lowest BCUT2D eigenvalue weighted by atomic mass is 10.1. The Hall–Kier alpha value is -4.79. The number of amides is 3. The van der Waals surface area contributed by atoms with E-state index < -0.39 is 11.8 Å². The molecule has 3 aromatic rings. The van der Waals surface area contributed by atoms with E-state index in [0.29, 0.717) is 16.9 Å². The Labute approximate surface area is 208 Å². The second kappa shape index (κ2) is 10.6. The first kappa shape index (κ1) is 24.3. The van der Waals surface area contributed by atoms with E-state index in [1.807, 2.05) is 31.2 Å². The van der Waals surface area contributed by atoms with Gasteiger partial charge in [-0.3, -0.25) is 19.8 Å². The van der Waals surface area contributed by atoms with Crippen molar-refractivity contribution in [2.75, 3.05) is 31.2 Å². The van der Waals surface area contributed by atoms with Crippen molar-refractivity contribution in [2.24, 2.45) is 0 Å². The number of anilines is 2. The van der Waals surface area contributed by atoms with Crippen molar-refractivity contribution < 1.29 is 28.6 Å². The Kier molecular flexibility index (Phi) is 7.20. The van der Waals surface area contributed by atoms with Crippen LogP contribution in [-0.4, -0.2) is 38.5 Å². The molecule has 36 heavy (non-hydrogen) atoms. The van der Waals surface area contributed by atoms with Crippen LogP contribution in [0.15, 0.2) is 72.3 Å². The third-order valence-corrected chi connectivity index (χ3v) is 5.47. The van der Waals surface area contributed by atoms with Crippen molar-refractivity contribution in [3.05, 3.63) is 83.4 Å². The minimum absolute atomic E-state index is 0.0470. The molecule has 1 fully saturated rings. The lowest BCUT2D eigenvalue weighted by Crippen LogP contribution is -2.35. The third-order valence-electron chi connectivity index (χ3n) is 5.47. The zero-order valence-corrected chi connectivity index (χ0v) is 20.0. The van der Waals surface area contributed by atoms with Gasteiger partial charge in [0, 0.05) is 5.69 Å². The SMILES string of the molecule is COc1cc(C=C2C(=O)NN(c3ccccc3)C2=O)cc(OC)c1OCC(=O)Nc1ccccc1C.